The van der Waals surface area contributed by atoms with Crippen LogP contribution in [0.15, 0.2) is 0 Å². The Kier molecular flexibility index (Phi) is 9.75. The number of hydrogen-bond acceptors (Lipinski definition) is 4. The van der Waals surface area contributed by atoms with Gasteiger partial charge in [-0.2, -0.15) is 0 Å². The normalized spacial score (nSPS) is 20.1. The maximum atomic E-state index is 3.38. The second kappa shape index (κ2) is 9.16. The van der Waals surface area contributed by atoms with E-state index in [9.17, 15) is 0 Å². The summed E-state index contributed by atoms with van der Waals surface area (Å²) >= 11 is 0. The van der Waals surface area contributed by atoms with E-state index in [0.717, 1.165) is 5.92 Å². The molecule has 2 nitrogen and oxygen atoms in total. The molecule has 1 heterocycles. The fraction of sp³-hybridized carbons (Fsp3) is 1.00. The summed E-state index contributed by atoms with van der Waals surface area (Å²) in [6.07, 6.45) is 2.15. The van der Waals surface area contributed by atoms with Gasteiger partial charge in [0.1, 0.15) is 0 Å². The zero-order chi connectivity index (χ0) is 9.52. The third kappa shape index (κ3) is 6.40. The van der Waals surface area contributed by atoms with Crippen LogP contribution >= 0.6 is 34.0 Å². The first-order chi connectivity index (χ1) is 6.33. The lowest BCUT2D eigenvalue weighted by Crippen LogP contribution is -2.45. The second-order valence-corrected chi connectivity index (χ2v) is 6.22. The molecule has 1 fully saturated rings. The maximum absolute atomic E-state index is 3.38. The largest absolute Gasteiger partial charge is 0.314 e. The minimum absolute atomic E-state index is 0. The smallest absolute Gasteiger partial charge is 0.0107 e. The summed E-state index contributed by atoms with van der Waals surface area (Å²) in [7, 11) is 3.86. The van der Waals surface area contributed by atoms with E-state index < -0.39 is 0 Å². The molecule has 1 saturated heterocycles. The molecule has 1 N–H and O–H groups in total. The van der Waals surface area contributed by atoms with Crippen molar-refractivity contribution in [3.63, 3.8) is 0 Å². The van der Waals surface area contributed by atoms with Crippen molar-refractivity contribution in [2.24, 2.45) is 5.92 Å². The molecule has 14 heavy (non-hydrogen) atoms. The molecular formula is C9H21ClN2S2. The van der Waals surface area contributed by atoms with Gasteiger partial charge in [-0.15, -0.1) is 12.4 Å². The van der Waals surface area contributed by atoms with E-state index in [-0.39, 0.29) is 12.4 Å². The van der Waals surface area contributed by atoms with Crippen LogP contribution in [0.1, 0.15) is 6.92 Å². The summed E-state index contributed by atoms with van der Waals surface area (Å²) in [6, 6.07) is 0. The Bertz CT molecular complexity index is 132. The Morgan fingerprint density at radius 2 is 2.00 bits per heavy atom. The molecule has 1 aliphatic heterocycles. The highest BCUT2D eigenvalue weighted by Gasteiger charge is 2.12. The maximum Gasteiger partial charge on any atom is 0.0107 e. The predicted octanol–water partition coefficient (Wildman–Crippen LogP) is 1.96. The van der Waals surface area contributed by atoms with Gasteiger partial charge in [-0.25, -0.2) is 0 Å². The van der Waals surface area contributed by atoms with Gasteiger partial charge >= 0.3 is 0 Å². The number of piperazine rings is 1. The van der Waals surface area contributed by atoms with Gasteiger partial charge in [-0.3, -0.25) is 0 Å². The standard InChI is InChI=1S/C9H20N2S2.ClH/c1-9(8-13-12-2)7-11-5-3-10-4-6-11;/h9-10H,3-8H2,1-2H3;1H. The molecule has 0 aromatic carbocycles. The number of rotatable bonds is 5. The average molecular weight is 257 g/mol. The third-order valence-corrected chi connectivity index (χ3v) is 4.31. The minimum Gasteiger partial charge on any atom is -0.314 e. The summed E-state index contributed by atoms with van der Waals surface area (Å²) in [5, 5.41) is 3.38. The van der Waals surface area contributed by atoms with E-state index in [4.69, 9.17) is 0 Å². The fourth-order valence-electron chi connectivity index (χ4n) is 1.57. The highest BCUT2D eigenvalue weighted by molar-refractivity contribution is 8.76. The van der Waals surface area contributed by atoms with E-state index in [1.807, 2.05) is 21.6 Å². The highest BCUT2D eigenvalue weighted by atomic mass is 35.5. The van der Waals surface area contributed by atoms with Gasteiger partial charge in [-0.1, -0.05) is 28.5 Å². The van der Waals surface area contributed by atoms with E-state index in [0.29, 0.717) is 0 Å². The lowest BCUT2D eigenvalue weighted by Gasteiger charge is -2.29. The Morgan fingerprint density at radius 3 is 2.57 bits per heavy atom. The van der Waals surface area contributed by atoms with Crippen molar-refractivity contribution in [2.45, 2.75) is 6.92 Å². The van der Waals surface area contributed by atoms with Crippen LogP contribution in [0.25, 0.3) is 0 Å². The Hall–Kier alpha value is 0.910. The number of hydrogen-bond donors (Lipinski definition) is 1. The van der Waals surface area contributed by atoms with Gasteiger partial charge < -0.3 is 10.2 Å². The Labute approximate surface area is 102 Å². The molecule has 5 heteroatoms. The van der Waals surface area contributed by atoms with Crippen LogP contribution in [0.5, 0.6) is 0 Å². The molecule has 1 unspecified atom stereocenters. The van der Waals surface area contributed by atoms with E-state index in [1.54, 1.807) is 0 Å². The molecule has 0 saturated carbocycles. The summed E-state index contributed by atoms with van der Waals surface area (Å²) in [6.45, 7) is 8.42. The second-order valence-electron chi connectivity index (χ2n) is 3.61. The van der Waals surface area contributed by atoms with Crippen LogP contribution in [0.4, 0.5) is 0 Å². The average Bonchev–Trinajstić information content (AvgIpc) is 2.16. The number of nitrogens with zero attached hydrogens (tertiary/aromatic N) is 1. The van der Waals surface area contributed by atoms with Crippen molar-refractivity contribution in [3.8, 4) is 0 Å². The molecular weight excluding hydrogens is 236 g/mol. The third-order valence-electron chi connectivity index (χ3n) is 2.25. The lowest BCUT2D eigenvalue weighted by atomic mass is 10.2. The molecule has 1 atom stereocenters. The van der Waals surface area contributed by atoms with Gasteiger partial charge in [0.25, 0.3) is 0 Å². The van der Waals surface area contributed by atoms with Crippen molar-refractivity contribution in [3.05, 3.63) is 0 Å². The van der Waals surface area contributed by atoms with Crippen molar-refractivity contribution in [1.29, 1.82) is 0 Å². The number of halogens is 1. The summed E-state index contributed by atoms with van der Waals surface area (Å²) in [4.78, 5) is 2.57. The van der Waals surface area contributed by atoms with E-state index >= 15 is 0 Å². The van der Waals surface area contributed by atoms with Gasteiger partial charge in [0.05, 0.1) is 0 Å². The molecule has 86 valence electrons. The first-order valence-corrected chi connectivity index (χ1v) is 7.64. The highest BCUT2D eigenvalue weighted by Crippen LogP contribution is 2.20. The van der Waals surface area contributed by atoms with E-state index in [2.05, 4.69) is 23.4 Å². The van der Waals surface area contributed by atoms with Crippen LogP contribution in [-0.4, -0.2) is 49.6 Å². The van der Waals surface area contributed by atoms with Crippen molar-refractivity contribution in [1.82, 2.24) is 10.2 Å². The molecule has 0 aromatic rings. The van der Waals surface area contributed by atoms with Gasteiger partial charge in [0, 0.05) is 38.5 Å². The predicted molar refractivity (Wildman–Crippen MR) is 71.7 cm³/mol. The van der Waals surface area contributed by atoms with E-state index in [1.165, 1.54) is 38.5 Å². The topological polar surface area (TPSA) is 15.3 Å². The minimum atomic E-state index is 0. The zero-order valence-electron chi connectivity index (χ0n) is 8.99. The zero-order valence-corrected chi connectivity index (χ0v) is 11.4. The van der Waals surface area contributed by atoms with Crippen LogP contribution in [-0.2, 0) is 0 Å². The van der Waals surface area contributed by atoms with Crippen LogP contribution in [0.3, 0.4) is 0 Å². The van der Waals surface area contributed by atoms with Crippen LogP contribution in [0, 0.1) is 5.92 Å². The van der Waals surface area contributed by atoms with Gasteiger partial charge in [-0.05, 0) is 12.2 Å². The van der Waals surface area contributed by atoms with Gasteiger partial charge in [0.15, 0.2) is 0 Å². The summed E-state index contributed by atoms with van der Waals surface area (Å²) in [5.74, 6) is 2.11. The van der Waals surface area contributed by atoms with Crippen LogP contribution < -0.4 is 5.32 Å². The van der Waals surface area contributed by atoms with Crippen molar-refractivity contribution >= 4 is 34.0 Å². The molecule has 0 aromatic heterocycles. The monoisotopic (exact) mass is 256 g/mol. The molecule has 0 amide bonds. The molecule has 0 bridgehead atoms. The van der Waals surface area contributed by atoms with Crippen molar-refractivity contribution in [2.75, 3.05) is 44.7 Å². The molecule has 0 aliphatic carbocycles. The Morgan fingerprint density at radius 1 is 1.36 bits per heavy atom. The molecule has 0 spiro atoms. The SMILES string of the molecule is CSSCC(C)CN1CCNCC1.Cl. The molecule has 1 rings (SSSR count). The first-order valence-electron chi connectivity index (χ1n) is 4.91. The van der Waals surface area contributed by atoms with Gasteiger partial charge in [0.2, 0.25) is 0 Å². The number of nitrogens with one attached hydrogen (secondary N) is 1. The quantitative estimate of drug-likeness (QED) is 0.757. The Balaban J connectivity index is 0.00000169. The summed E-state index contributed by atoms with van der Waals surface area (Å²) in [5.41, 5.74) is 0. The first kappa shape index (κ1) is 14.9. The molecule has 0 radical (unpaired) electrons. The summed E-state index contributed by atoms with van der Waals surface area (Å²) < 4.78 is 0. The van der Waals surface area contributed by atoms with Crippen LogP contribution in [0.2, 0.25) is 0 Å². The van der Waals surface area contributed by atoms with Crippen molar-refractivity contribution < 1.29 is 0 Å². The lowest BCUT2D eigenvalue weighted by molar-refractivity contribution is 0.218. The fourth-order valence-corrected chi connectivity index (χ4v) is 3.15. The molecule has 1 aliphatic rings.